The normalized spacial score (nSPS) is 22.9. The van der Waals surface area contributed by atoms with Crippen molar-refractivity contribution in [2.45, 2.75) is 63.1 Å². The van der Waals surface area contributed by atoms with E-state index in [-0.39, 0.29) is 55.1 Å². The third-order valence-corrected chi connectivity index (χ3v) is 13.2. The van der Waals surface area contributed by atoms with Crippen LogP contribution in [0.4, 0.5) is 0 Å². The van der Waals surface area contributed by atoms with Gasteiger partial charge < -0.3 is 14.9 Å². The Morgan fingerprint density at radius 3 is 2.15 bits per heavy atom. The molecule has 2 fully saturated rings. The SMILES string of the molecule is COc1ccc(S(=O)(=O)N(CC(C)C)C[C@@H](O)CCN(CC2CCCC2)S(=O)(=O)CC2CS(=O)(=O)CC2O)cc1. The number of methoxy groups -OCH3 is 1. The largest absolute Gasteiger partial charge is 0.497 e. The minimum atomic E-state index is -3.94. The summed E-state index contributed by atoms with van der Waals surface area (Å²) >= 11 is 0. The highest BCUT2D eigenvalue weighted by Crippen LogP contribution is 2.28. The van der Waals surface area contributed by atoms with E-state index in [1.807, 2.05) is 13.8 Å². The van der Waals surface area contributed by atoms with Crippen LogP contribution in [-0.4, -0.2) is 107 Å². The van der Waals surface area contributed by atoms with E-state index >= 15 is 0 Å². The molecule has 0 amide bonds. The number of sulfone groups is 1. The lowest BCUT2D eigenvalue weighted by Gasteiger charge is -2.29. The quantitative estimate of drug-likeness (QED) is 0.294. The third kappa shape index (κ3) is 9.10. The Morgan fingerprint density at radius 1 is 1.00 bits per heavy atom. The highest BCUT2D eigenvalue weighted by molar-refractivity contribution is 7.92. The average molecular weight is 625 g/mol. The fraction of sp³-hybridized carbons (Fsp3) is 0.769. The summed E-state index contributed by atoms with van der Waals surface area (Å²) in [5.74, 6) is -1.54. The first-order chi connectivity index (χ1) is 18.6. The van der Waals surface area contributed by atoms with Gasteiger partial charge in [-0.3, -0.25) is 0 Å². The molecule has 0 radical (unpaired) electrons. The van der Waals surface area contributed by atoms with Crippen LogP contribution in [0.25, 0.3) is 0 Å². The average Bonchev–Trinajstić information content (AvgIpc) is 3.46. The second-order valence-electron chi connectivity index (χ2n) is 11.5. The molecule has 14 heteroatoms. The summed E-state index contributed by atoms with van der Waals surface area (Å²) < 4.78 is 85.2. The number of hydrogen-bond acceptors (Lipinski definition) is 9. The first kappa shape index (κ1) is 33.2. The number of aliphatic hydroxyl groups excluding tert-OH is 2. The van der Waals surface area contributed by atoms with E-state index in [1.54, 1.807) is 12.1 Å². The summed E-state index contributed by atoms with van der Waals surface area (Å²) in [4.78, 5) is 0.0664. The van der Waals surface area contributed by atoms with Crippen LogP contribution in [0.3, 0.4) is 0 Å². The van der Waals surface area contributed by atoms with Crippen LogP contribution in [0, 0.1) is 17.8 Å². The lowest BCUT2D eigenvalue weighted by Crippen LogP contribution is -2.43. The van der Waals surface area contributed by atoms with E-state index in [1.165, 1.54) is 27.9 Å². The van der Waals surface area contributed by atoms with Gasteiger partial charge in [-0.05, 0) is 55.4 Å². The fourth-order valence-corrected chi connectivity index (χ4v) is 11.1. The van der Waals surface area contributed by atoms with Gasteiger partial charge >= 0.3 is 0 Å². The summed E-state index contributed by atoms with van der Waals surface area (Å²) in [6.07, 6.45) is 1.43. The zero-order valence-corrected chi connectivity index (χ0v) is 26.0. The zero-order chi connectivity index (χ0) is 29.7. The first-order valence-electron chi connectivity index (χ1n) is 13.8. The van der Waals surface area contributed by atoms with E-state index in [2.05, 4.69) is 0 Å². The number of benzene rings is 1. The highest BCUT2D eigenvalue weighted by Gasteiger charge is 2.41. The lowest BCUT2D eigenvalue weighted by atomic mass is 10.1. The number of ether oxygens (including phenoxy) is 1. The van der Waals surface area contributed by atoms with Crippen molar-refractivity contribution in [2.75, 3.05) is 50.5 Å². The fourth-order valence-electron chi connectivity index (χ4n) is 5.46. The van der Waals surface area contributed by atoms with E-state index in [4.69, 9.17) is 4.74 Å². The van der Waals surface area contributed by atoms with Gasteiger partial charge in [0.15, 0.2) is 9.84 Å². The number of sulfonamides is 2. The molecule has 3 rings (SSSR count). The van der Waals surface area contributed by atoms with Gasteiger partial charge in [-0.15, -0.1) is 0 Å². The minimum absolute atomic E-state index is 0.00416. The summed E-state index contributed by atoms with van der Waals surface area (Å²) in [5.41, 5.74) is 0. The van der Waals surface area contributed by atoms with Crippen molar-refractivity contribution >= 4 is 29.9 Å². The van der Waals surface area contributed by atoms with Crippen molar-refractivity contribution in [3.63, 3.8) is 0 Å². The van der Waals surface area contributed by atoms with Crippen LogP contribution in [0.1, 0.15) is 46.0 Å². The Labute approximate surface area is 239 Å². The molecule has 2 aliphatic rings. The molecule has 3 atom stereocenters. The van der Waals surface area contributed by atoms with Crippen LogP contribution >= 0.6 is 0 Å². The molecular formula is C26H44N2O9S3. The number of hydrogen-bond donors (Lipinski definition) is 2. The van der Waals surface area contributed by atoms with Gasteiger partial charge in [0.05, 0.1) is 41.5 Å². The Balaban J connectivity index is 1.72. The van der Waals surface area contributed by atoms with Gasteiger partial charge in [0.25, 0.3) is 0 Å². The molecule has 1 heterocycles. The molecule has 1 aromatic rings. The molecule has 2 N–H and O–H groups in total. The van der Waals surface area contributed by atoms with Crippen LogP contribution in [0.15, 0.2) is 29.2 Å². The predicted molar refractivity (Wildman–Crippen MR) is 153 cm³/mol. The summed E-state index contributed by atoms with van der Waals surface area (Å²) in [5, 5.41) is 21.1. The van der Waals surface area contributed by atoms with E-state index in [9.17, 15) is 35.5 Å². The smallest absolute Gasteiger partial charge is 0.243 e. The standard InChI is InChI=1S/C26H44N2O9S3/c1-20(2)14-28(40(35,36)25-10-8-24(37-3)9-11-25)16-23(29)12-13-27(15-21-6-4-5-7-21)39(33,34)18-22-17-38(31,32)19-26(22)30/h8-11,20-23,26,29-30H,4-7,12-19H2,1-3H3/t22?,23-,26?/m0/s1. The maximum atomic E-state index is 13.4. The van der Waals surface area contributed by atoms with Gasteiger partial charge in [0.2, 0.25) is 20.0 Å². The first-order valence-corrected chi connectivity index (χ1v) is 18.7. The lowest BCUT2D eigenvalue weighted by molar-refractivity contribution is 0.125. The predicted octanol–water partition coefficient (Wildman–Crippen LogP) is 1.32. The van der Waals surface area contributed by atoms with E-state index in [0.717, 1.165) is 25.7 Å². The molecule has 1 aliphatic heterocycles. The number of rotatable bonds is 15. The molecule has 1 aromatic carbocycles. The summed E-state index contributed by atoms with van der Waals surface area (Å²) in [7, 11) is -9.89. The molecule has 2 unspecified atom stereocenters. The van der Waals surface area contributed by atoms with E-state index in [0.29, 0.717) is 5.75 Å². The highest BCUT2D eigenvalue weighted by atomic mass is 32.2. The maximum absolute atomic E-state index is 13.4. The second-order valence-corrected chi connectivity index (χ2v) is 17.6. The molecule has 40 heavy (non-hydrogen) atoms. The molecule has 0 spiro atoms. The molecule has 0 bridgehead atoms. The summed E-state index contributed by atoms with van der Waals surface area (Å²) in [6.45, 7) is 3.93. The van der Waals surface area contributed by atoms with Crippen molar-refractivity contribution < 1.29 is 40.2 Å². The molecule has 0 aromatic heterocycles. The van der Waals surface area contributed by atoms with Crippen LogP contribution in [0.2, 0.25) is 0 Å². The molecule has 1 saturated heterocycles. The Hall–Kier alpha value is -1.29. The number of aliphatic hydroxyl groups is 2. The number of nitrogens with zero attached hydrogens (tertiary/aromatic N) is 2. The molecule has 230 valence electrons. The van der Waals surface area contributed by atoms with Gasteiger partial charge in [0, 0.05) is 32.1 Å². The molecule has 1 aliphatic carbocycles. The van der Waals surface area contributed by atoms with Crippen LogP contribution < -0.4 is 4.74 Å². The topological polar surface area (TPSA) is 159 Å². The van der Waals surface area contributed by atoms with Gasteiger partial charge in [-0.1, -0.05) is 26.7 Å². The van der Waals surface area contributed by atoms with Gasteiger partial charge in [-0.25, -0.2) is 29.6 Å². The van der Waals surface area contributed by atoms with Crippen molar-refractivity contribution in [3.05, 3.63) is 24.3 Å². The van der Waals surface area contributed by atoms with Crippen molar-refractivity contribution in [1.82, 2.24) is 8.61 Å². The van der Waals surface area contributed by atoms with Crippen molar-refractivity contribution in [2.24, 2.45) is 17.8 Å². The summed E-state index contributed by atoms with van der Waals surface area (Å²) in [6, 6.07) is 5.99. The van der Waals surface area contributed by atoms with Crippen molar-refractivity contribution in [1.29, 1.82) is 0 Å². The third-order valence-electron chi connectivity index (χ3n) is 7.58. The minimum Gasteiger partial charge on any atom is -0.497 e. The van der Waals surface area contributed by atoms with Crippen LogP contribution in [-0.2, 0) is 29.9 Å². The van der Waals surface area contributed by atoms with E-state index < -0.39 is 59.5 Å². The second kappa shape index (κ2) is 13.8. The van der Waals surface area contributed by atoms with Gasteiger partial charge in [-0.2, -0.15) is 4.31 Å². The Kier molecular flexibility index (Phi) is 11.4. The van der Waals surface area contributed by atoms with Crippen molar-refractivity contribution in [3.8, 4) is 5.75 Å². The molecule has 1 saturated carbocycles. The zero-order valence-electron chi connectivity index (χ0n) is 23.6. The van der Waals surface area contributed by atoms with Crippen LogP contribution in [0.5, 0.6) is 5.75 Å². The van der Waals surface area contributed by atoms with Gasteiger partial charge in [0.1, 0.15) is 5.75 Å². The Morgan fingerprint density at radius 2 is 1.62 bits per heavy atom. The molecule has 11 nitrogen and oxygen atoms in total. The monoisotopic (exact) mass is 624 g/mol. The molecular weight excluding hydrogens is 580 g/mol. The Bertz CT molecular complexity index is 1280. The maximum Gasteiger partial charge on any atom is 0.243 e.